The van der Waals surface area contributed by atoms with Crippen LogP contribution >= 0.6 is 0 Å². The zero-order chi connectivity index (χ0) is 23.4. The number of anilines is 1. The van der Waals surface area contributed by atoms with Crippen molar-refractivity contribution in [2.24, 2.45) is 0 Å². The number of para-hydroxylation sites is 1. The number of nitriles is 1. The van der Waals surface area contributed by atoms with Crippen LogP contribution in [0.1, 0.15) is 26.3 Å². The first-order chi connectivity index (χ1) is 16.0. The highest BCUT2D eigenvalue weighted by Gasteiger charge is 2.54. The number of amides is 2. The van der Waals surface area contributed by atoms with E-state index in [4.69, 9.17) is 9.47 Å². The standard InChI is InChI=1S/C25H16N2O6/c26-15-18-13-7-8-14-19(18)27-22(28)20(32-24(30)16-9-3-1-4-10-16)21(23(27)29)33-25(31)17-11-5-2-6-12-17/h1-14,20-21H/t20-,21-/m0/s1. The van der Waals surface area contributed by atoms with Crippen LogP contribution in [0.25, 0.3) is 0 Å². The molecule has 8 nitrogen and oxygen atoms in total. The second-order valence-electron chi connectivity index (χ2n) is 7.02. The first-order valence-corrected chi connectivity index (χ1v) is 9.90. The molecular formula is C25H16N2O6. The largest absolute Gasteiger partial charge is 0.444 e. The fourth-order valence-electron chi connectivity index (χ4n) is 3.36. The predicted molar refractivity (Wildman–Crippen MR) is 115 cm³/mol. The number of benzene rings is 3. The highest BCUT2D eigenvalue weighted by molar-refractivity contribution is 6.25. The second kappa shape index (κ2) is 9.16. The van der Waals surface area contributed by atoms with Crippen LogP contribution in [0.4, 0.5) is 5.69 Å². The van der Waals surface area contributed by atoms with E-state index in [1.807, 2.05) is 6.07 Å². The van der Waals surface area contributed by atoms with Gasteiger partial charge in [0.25, 0.3) is 11.8 Å². The van der Waals surface area contributed by atoms with Gasteiger partial charge in [0, 0.05) is 0 Å². The van der Waals surface area contributed by atoms with E-state index in [1.165, 1.54) is 36.4 Å². The highest BCUT2D eigenvalue weighted by atomic mass is 16.6. The molecule has 8 heteroatoms. The highest BCUT2D eigenvalue weighted by Crippen LogP contribution is 2.30. The van der Waals surface area contributed by atoms with Crippen molar-refractivity contribution in [3.05, 3.63) is 102 Å². The van der Waals surface area contributed by atoms with Crippen molar-refractivity contribution in [1.82, 2.24) is 0 Å². The molecule has 0 bridgehead atoms. The number of nitrogens with zero attached hydrogens (tertiary/aromatic N) is 2. The molecule has 0 aromatic heterocycles. The summed E-state index contributed by atoms with van der Waals surface area (Å²) in [6, 6.07) is 23.7. The van der Waals surface area contributed by atoms with Gasteiger partial charge in [-0.2, -0.15) is 5.26 Å². The topological polar surface area (TPSA) is 114 Å². The summed E-state index contributed by atoms with van der Waals surface area (Å²) >= 11 is 0. The number of esters is 2. The van der Waals surface area contributed by atoms with Crippen LogP contribution in [-0.2, 0) is 19.1 Å². The van der Waals surface area contributed by atoms with Gasteiger partial charge in [0.1, 0.15) is 6.07 Å². The summed E-state index contributed by atoms with van der Waals surface area (Å²) in [4.78, 5) is 52.4. The van der Waals surface area contributed by atoms with Gasteiger partial charge in [-0.3, -0.25) is 9.59 Å². The lowest BCUT2D eigenvalue weighted by Crippen LogP contribution is -2.37. The molecule has 0 spiro atoms. The number of imide groups is 1. The van der Waals surface area contributed by atoms with E-state index in [0.717, 1.165) is 0 Å². The summed E-state index contributed by atoms with van der Waals surface area (Å²) in [5.41, 5.74) is 0.375. The molecule has 1 fully saturated rings. The van der Waals surface area contributed by atoms with E-state index >= 15 is 0 Å². The number of carbonyl (C=O) groups is 4. The Hall–Kier alpha value is -4.77. The van der Waals surface area contributed by atoms with E-state index in [-0.39, 0.29) is 22.4 Å². The smallest absolute Gasteiger partial charge is 0.339 e. The van der Waals surface area contributed by atoms with Gasteiger partial charge in [-0.05, 0) is 36.4 Å². The fraction of sp³-hybridized carbons (Fsp3) is 0.0800. The van der Waals surface area contributed by atoms with E-state index in [1.54, 1.807) is 48.5 Å². The number of rotatable bonds is 5. The molecular weight excluding hydrogens is 424 g/mol. The van der Waals surface area contributed by atoms with Crippen LogP contribution in [0.3, 0.4) is 0 Å². The molecule has 3 aromatic carbocycles. The van der Waals surface area contributed by atoms with Crippen molar-refractivity contribution in [3.8, 4) is 6.07 Å². The zero-order valence-electron chi connectivity index (χ0n) is 17.1. The van der Waals surface area contributed by atoms with Gasteiger partial charge in [-0.25, -0.2) is 14.5 Å². The normalized spacial score (nSPS) is 17.4. The van der Waals surface area contributed by atoms with E-state index < -0.39 is 36.0 Å². The third kappa shape index (κ3) is 4.20. The minimum Gasteiger partial charge on any atom is -0.444 e. The molecule has 33 heavy (non-hydrogen) atoms. The molecule has 4 rings (SSSR count). The Labute approximate surface area is 188 Å². The third-order valence-corrected chi connectivity index (χ3v) is 4.95. The Morgan fingerprint density at radius 3 is 1.58 bits per heavy atom. The lowest BCUT2D eigenvalue weighted by molar-refractivity contribution is -0.130. The number of ether oxygens (including phenoxy) is 2. The fourth-order valence-corrected chi connectivity index (χ4v) is 3.36. The molecule has 0 N–H and O–H groups in total. The maximum atomic E-state index is 13.2. The Kier molecular flexibility index (Phi) is 5.96. The predicted octanol–water partition coefficient (Wildman–Crippen LogP) is 2.88. The number of carbonyl (C=O) groups excluding carboxylic acids is 4. The minimum atomic E-state index is -1.72. The molecule has 0 aliphatic carbocycles. The molecule has 0 unspecified atom stereocenters. The Morgan fingerprint density at radius 2 is 1.12 bits per heavy atom. The summed E-state index contributed by atoms with van der Waals surface area (Å²) < 4.78 is 10.7. The zero-order valence-corrected chi connectivity index (χ0v) is 17.1. The quantitative estimate of drug-likeness (QED) is 0.443. The Bertz CT molecular complexity index is 1200. The van der Waals surface area contributed by atoms with E-state index in [2.05, 4.69) is 0 Å². The van der Waals surface area contributed by atoms with Crippen LogP contribution in [0.5, 0.6) is 0 Å². The lowest BCUT2D eigenvalue weighted by atomic mass is 10.2. The van der Waals surface area contributed by atoms with Gasteiger partial charge in [-0.15, -0.1) is 0 Å². The lowest BCUT2D eigenvalue weighted by Gasteiger charge is -2.16. The van der Waals surface area contributed by atoms with Crippen LogP contribution in [0.15, 0.2) is 84.9 Å². The molecule has 2 atom stereocenters. The van der Waals surface area contributed by atoms with Gasteiger partial charge >= 0.3 is 11.9 Å². The van der Waals surface area contributed by atoms with Crippen molar-refractivity contribution in [1.29, 1.82) is 5.26 Å². The molecule has 0 radical (unpaired) electrons. The second-order valence-corrected chi connectivity index (χ2v) is 7.02. The van der Waals surface area contributed by atoms with Gasteiger partial charge in [0.15, 0.2) is 0 Å². The molecule has 2 amide bonds. The van der Waals surface area contributed by atoms with Gasteiger partial charge in [0.2, 0.25) is 12.2 Å². The average Bonchev–Trinajstić information content (AvgIpc) is 3.08. The van der Waals surface area contributed by atoms with Gasteiger partial charge in [-0.1, -0.05) is 48.5 Å². The van der Waals surface area contributed by atoms with Crippen LogP contribution in [0.2, 0.25) is 0 Å². The molecule has 1 aliphatic rings. The summed E-state index contributed by atoms with van der Waals surface area (Å²) in [5.74, 6) is -3.56. The Morgan fingerprint density at radius 1 is 0.697 bits per heavy atom. The monoisotopic (exact) mass is 440 g/mol. The van der Waals surface area contributed by atoms with Crippen molar-refractivity contribution in [2.75, 3.05) is 4.90 Å². The first kappa shape index (κ1) is 21.5. The van der Waals surface area contributed by atoms with Crippen LogP contribution in [0, 0.1) is 11.3 Å². The van der Waals surface area contributed by atoms with Crippen LogP contribution < -0.4 is 4.90 Å². The summed E-state index contributed by atoms with van der Waals surface area (Å²) in [6.07, 6.45) is -3.44. The van der Waals surface area contributed by atoms with Crippen molar-refractivity contribution in [3.63, 3.8) is 0 Å². The van der Waals surface area contributed by atoms with Gasteiger partial charge < -0.3 is 9.47 Å². The molecule has 162 valence electrons. The maximum absolute atomic E-state index is 13.2. The average molecular weight is 440 g/mol. The number of hydrogen-bond acceptors (Lipinski definition) is 7. The van der Waals surface area contributed by atoms with Crippen molar-refractivity contribution < 1.29 is 28.7 Å². The molecule has 3 aromatic rings. The summed E-state index contributed by atoms with van der Waals surface area (Å²) in [5, 5.41) is 9.40. The molecule has 1 heterocycles. The maximum Gasteiger partial charge on any atom is 0.339 e. The van der Waals surface area contributed by atoms with E-state index in [0.29, 0.717) is 4.90 Å². The minimum absolute atomic E-state index is 0.00835. The molecule has 1 aliphatic heterocycles. The van der Waals surface area contributed by atoms with E-state index in [9.17, 15) is 24.4 Å². The van der Waals surface area contributed by atoms with Crippen molar-refractivity contribution in [2.45, 2.75) is 12.2 Å². The summed E-state index contributed by atoms with van der Waals surface area (Å²) in [7, 11) is 0. The Balaban J connectivity index is 1.69. The number of hydrogen-bond donors (Lipinski definition) is 0. The molecule has 1 saturated heterocycles. The molecule has 0 saturated carbocycles. The van der Waals surface area contributed by atoms with Gasteiger partial charge in [0.05, 0.1) is 22.4 Å². The SMILES string of the molecule is N#Cc1ccccc1N1C(=O)[C@@H](OC(=O)c2ccccc2)[C@H](OC(=O)c2ccccc2)C1=O. The van der Waals surface area contributed by atoms with Crippen LogP contribution in [-0.4, -0.2) is 36.0 Å². The van der Waals surface area contributed by atoms with Crippen molar-refractivity contribution >= 4 is 29.4 Å². The third-order valence-electron chi connectivity index (χ3n) is 4.95. The summed E-state index contributed by atoms with van der Waals surface area (Å²) in [6.45, 7) is 0. The first-order valence-electron chi connectivity index (χ1n) is 9.90.